The number of amidine groups is 1. The molecule has 0 aliphatic rings. The number of benzene rings is 1. The smallest absolute Gasteiger partial charge is 0.340 e. The van der Waals surface area contributed by atoms with Crippen molar-refractivity contribution in [3.8, 4) is 6.19 Å². The third-order valence-corrected chi connectivity index (χ3v) is 3.11. The number of hydrogen-bond acceptors (Lipinski definition) is 6. The minimum atomic E-state index is -0.477. The number of carbonyl (C=O) groups excluding carboxylic acids is 1. The number of nitriles is 1. The molecule has 0 radical (unpaired) electrons. The van der Waals surface area contributed by atoms with Gasteiger partial charge < -0.3 is 4.74 Å². The van der Waals surface area contributed by atoms with Gasteiger partial charge in [0.2, 0.25) is 0 Å². The zero-order valence-electron chi connectivity index (χ0n) is 10.8. The lowest BCUT2D eigenvalue weighted by Crippen LogP contribution is -2.12. The Kier molecular flexibility index (Phi) is 4.22. The van der Waals surface area contributed by atoms with Gasteiger partial charge >= 0.3 is 5.97 Å². The largest absolute Gasteiger partial charge is 0.465 e. The van der Waals surface area contributed by atoms with Crippen LogP contribution in [0.5, 0.6) is 0 Å². The molecule has 8 heteroatoms. The van der Waals surface area contributed by atoms with Crippen LogP contribution in [0.1, 0.15) is 10.4 Å². The minimum absolute atomic E-state index is 0.346. The van der Waals surface area contributed by atoms with Gasteiger partial charge in [0.1, 0.15) is 0 Å². The number of aliphatic imine (C=N–C) groups is 1. The van der Waals surface area contributed by atoms with Crippen LogP contribution in [0, 0.1) is 11.5 Å². The number of ether oxygens (including phenoxy) is 1. The number of H-pyrrole nitrogens is 1. The van der Waals surface area contributed by atoms with Gasteiger partial charge in [0.05, 0.1) is 30.1 Å². The number of rotatable bonds is 2. The number of aromatic nitrogens is 2. The fourth-order valence-corrected chi connectivity index (χ4v) is 2.01. The third-order valence-electron chi connectivity index (χ3n) is 2.53. The fraction of sp³-hybridized carbons (Fsp3) is 0.167. The average Bonchev–Trinajstić information content (AvgIpc) is 2.93. The van der Waals surface area contributed by atoms with Gasteiger partial charge in [-0.1, -0.05) is 11.8 Å². The van der Waals surface area contributed by atoms with Crippen LogP contribution >= 0.6 is 11.8 Å². The number of methoxy groups -OCH3 is 1. The van der Waals surface area contributed by atoms with E-state index in [1.54, 1.807) is 24.6 Å². The Morgan fingerprint density at radius 2 is 2.40 bits per heavy atom. The quantitative estimate of drug-likeness (QED) is 0.287. The van der Waals surface area contributed by atoms with E-state index in [-0.39, 0.29) is 0 Å². The van der Waals surface area contributed by atoms with E-state index in [1.807, 2.05) is 6.19 Å². The molecule has 0 bridgehead atoms. The van der Waals surface area contributed by atoms with E-state index < -0.39 is 5.97 Å². The van der Waals surface area contributed by atoms with Gasteiger partial charge in [0.25, 0.3) is 0 Å². The Bertz CT molecular complexity index is 716. The summed E-state index contributed by atoms with van der Waals surface area (Å²) in [5.41, 5.74) is 1.47. The molecule has 2 rings (SSSR count). The highest BCUT2D eigenvalue weighted by Crippen LogP contribution is 2.25. The summed E-state index contributed by atoms with van der Waals surface area (Å²) in [6, 6.07) is 3.35. The summed E-state index contributed by atoms with van der Waals surface area (Å²) in [4.78, 5) is 16.0. The second-order valence-corrected chi connectivity index (χ2v) is 4.47. The van der Waals surface area contributed by atoms with Crippen LogP contribution in [0.2, 0.25) is 0 Å². The second kappa shape index (κ2) is 6.08. The average molecular weight is 289 g/mol. The number of esters is 1. The van der Waals surface area contributed by atoms with E-state index in [2.05, 4.69) is 20.5 Å². The van der Waals surface area contributed by atoms with Crippen molar-refractivity contribution in [2.75, 3.05) is 13.4 Å². The molecule has 0 fully saturated rings. The van der Waals surface area contributed by atoms with Crippen molar-refractivity contribution in [1.29, 1.82) is 5.26 Å². The highest BCUT2D eigenvalue weighted by Gasteiger charge is 2.14. The SMILES string of the molecule is COC(=O)c1cc(N=C(NC#N)SC)cc2cn[nH]c12. The van der Waals surface area contributed by atoms with Crippen molar-refractivity contribution in [1.82, 2.24) is 15.5 Å². The van der Waals surface area contributed by atoms with Gasteiger partial charge in [-0.3, -0.25) is 10.4 Å². The van der Waals surface area contributed by atoms with Gasteiger partial charge in [-0.05, 0) is 18.4 Å². The molecule has 0 spiro atoms. The van der Waals surface area contributed by atoms with Gasteiger partial charge in [-0.15, -0.1) is 0 Å². The Balaban J connectivity index is 2.55. The predicted octanol–water partition coefficient (Wildman–Crippen LogP) is 1.77. The number of thioether (sulfide) groups is 1. The highest BCUT2D eigenvalue weighted by molar-refractivity contribution is 8.13. The molecule has 7 nitrogen and oxygen atoms in total. The van der Waals surface area contributed by atoms with Crippen molar-refractivity contribution in [3.05, 3.63) is 23.9 Å². The van der Waals surface area contributed by atoms with E-state index in [0.717, 1.165) is 5.39 Å². The van der Waals surface area contributed by atoms with Gasteiger partial charge in [-0.25, -0.2) is 9.79 Å². The molecule has 2 N–H and O–H groups in total. The summed E-state index contributed by atoms with van der Waals surface area (Å²) in [5.74, 6) is -0.477. The van der Waals surface area contributed by atoms with E-state index >= 15 is 0 Å². The van der Waals surface area contributed by atoms with E-state index in [1.165, 1.54) is 18.9 Å². The number of nitrogens with zero attached hydrogens (tertiary/aromatic N) is 3. The van der Waals surface area contributed by atoms with E-state index in [0.29, 0.717) is 21.9 Å². The molecule has 1 aromatic carbocycles. The maximum Gasteiger partial charge on any atom is 0.340 e. The number of fused-ring (bicyclic) bond motifs is 1. The third kappa shape index (κ3) is 2.73. The molecule has 0 saturated carbocycles. The van der Waals surface area contributed by atoms with Crippen LogP contribution in [0.3, 0.4) is 0 Å². The Morgan fingerprint density at radius 3 is 3.05 bits per heavy atom. The van der Waals surface area contributed by atoms with Gasteiger partial charge in [0.15, 0.2) is 11.4 Å². The molecule has 20 heavy (non-hydrogen) atoms. The van der Waals surface area contributed by atoms with Crippen LogP contribution in [-0.2, 0) is 4.74 Å². The van der Waals surface area contributed by atoms with Crippen molar-refractivity contribution < 1.29 is 9.53 Å². The Hall–Kier alpha value is -2.53. The van der Waals surface area contributed by atoms with Crippen LogP contribution in [-0.4, -0.2) is 34.7 Å². The van der Waals surface area contributed by atoms with Crippen LogP contribution in [0.25, 0.3) is 10.9 Å². The highest BCUT2D eigenvalue weighted by atomic mass is 32.2. The number of carbonyl (C=O) groups is 1. The first-order valence-electron chi connectivity index (χ1n) is 5.52. The molecule has 2 aromatic rings. The second-order valence-electron chi connectivity index (χ2n) is 3.68. The van der Waals surface area contributed by atoms with E-state index in [4.69, 9.17) is 10.00 Å². The van der Waals surface area contributed by atoms with Crippen molar-refractivity contribution in [3.63, 3.8) is 0 Å². The number of aromatic amines is 1. The lowest BCUT2D eigenvalue weighted by atomic mass is 10.1. The molecule has 0 unspecified atom stereocenters. The summed E-state index contributed by atoms with van der Waals surface area (Å²) in [6.45, 7) is 0. The molecule has 0 amide bonds. The van der Waals surface area contributed by atoms with Gasteiger partial charge in [0, 0.05) is 5.39 Å². The predicted molar refractivity (Wildman–Crippen MR) is 76.8 cm³/mol. The maximum absolute atomic E-state index is 11.8. The summed E-state index contributed by atoms with van der Waals surface area (Å²) in [5, 5.41) is 18.9. The Morgan fingerprint density at radius 1 is 1.60 bits per heavy atom. The molecule has 1 heterocycles. The van der Waals surface area contributed by atoms with Crippen LogP contribution in [0.15, 0.2) is 23.3 Å². The molecule has 0 atom stereocenters. The molecule has 1 aromatic heterocycles. The summed E-state index contributed by atoms with van der Waals surface area (Å²) >= 11 is 1.29. The maximum atomic E-state index is 11.8. The first kappa shape index (κ1) is 13.9. The zero-order valence-corrected chi connectivity index (χ0v) is 11.6. The van der Waals surface area contributed by atoms with Crippen molar-refractivity contribution in [2.45, 2.75) is 0 Å². The lowest BCUT2D eigenvalue weighted by molar-refractivity contribution is 0.0603. The molecular weight excluding hydrogens is 278 g/mol. The first-order chi connectivity index (χ1) is 9.69. The van der Waals surface area contributed by atoms with Crippen molar-refractivity contribution >= 4 is 39.5 Å². The Labute approximate surface area is 119 Å². The fourth-order valence-electron chi connectivity index (χ4n) is 1.67. The molecule has 0 aliphatic carbocycles. The molecular formula is C12H11N5O2S. The zero-order chi connectivity index (χ0) is 14.5. The minimum Gasteiger partial charge on any atom is -0.465 e. The first-order valence-corrected chi connectivity index (χ1v) is 6.75. The lowest BCUT2D eigenvalue weighted by Gasteiger charge is -2.04. The molecule has 0 aliphatic heterocycles. The number of nitrogens with one attached hydrogen (secondary N) is 2. The molecule has 102 valence electrons. The summed E-state index contributed by atoms with van der Waals surface area (Å²) in [7, 11) is 1.31. The molecule has 0 saturated heterocycles. The van der Waals surface area contributed by atoms with E-state index in [9.17, 15) is 4.79 Å². The summed E-state index contributed by atoms with van der Waals surface area (Å²) < 4.78 is 4.74. The monoisotopic (exact) mass is 289 g/mol. The van der Waals surface area contributed by atoms with Crippen LogP contribution < -0.4 is 5.32 Å². The normalized spacial score (nSPS) is 11.2. The summed E-state index contributed by atoms with van der Waals surface area (Å²) in [6.07, 6.45) is 5.19. The van der Waals surface area contributed by atoms with Crippen molar-refractivity contribution in [2.24, 2.45) is 4.99 Å². The standard InChI is InChI=1S/C12H11N5O2S/c1-19-11(18)9-4-8(16-12(20-2)14-6-13)3-7-5-15-17-10(7)9/h3-5H,1-2H3,(H,14,16)(H,15,17). The van der Waals surface area contributed by atoms with Gasteiger partial charge in [-0.2, -0.15) is 10.4 Å². The number of hydrogen-bond donors (Lipinski definition) is 2. The van der Waals surface area contributed by atoms with Crippen LogP contribution in [0.4, 0.5) is 5.69 Å². The topological polar surface area (TPSA) is 103 Å².